The largest absolute Gasteiger partial charge is 0.467 e. The van der Waals surface area contributed by atoms with E-state index in [1.165, 1.54) is 7.11 Å². The van der Waals surface area contributed by atoms with Crippen LogP contribution in [0, 0.1) is 11.8 Å². The van der Waals surface area contributed by atoms with Crippen molar-refractivity contribution in [1.29, 1.82) is 0 Å². The standard InChI is InChI=1S/C19H27N3O4/c1-12(2)7-15(18(24)26-3)20-19(25)21-9-13-8-14(11-21)16-5-4-6-17(23)22(16)10-13/h4-6,12-15H,7-11H2,1-3H3,(H,20,25)/t13?,14?,15-/m0/s1. The van der Waals surface area contributed by atoms with Crippen molar-refractivity contribution in [3.8, 4) is 0 Å². The summed E-state index contributed by atoms with van der Waals surface area (Å²) in [5, 5.41) is 2.84. The maximum absolute atomic E-state index is 12.8. The maximum Gasteiger partial charge on any atom is 0.328 e. The molecule has 3 heterocycles. The Labute approximate surface area is 153 Å². The van der Waals surface area contributed by atoms with Gasteiger partial charge in [0.1, 0.15) is 6.04 Å². The molecule has 1 saturated heterocycles. The number of carbonyl (C=O) groups is 2. The number of hydrogen-bond acceptors (Lipinski definition) is 4. The van der Waals surface area contributed by atoms with Crippen LogP contribution in [0.5, 0.6) is 0 Å². The quantitative estimate of drug-likeness (QED) is 0.826. The molecule has 0 spiro atoms. The van der Waals surface area contributed by atoms with Crippen molar-refractivity contribution in [3.05, 3.63) is 34.2 Å². The minimum Gasteiger partial charge on any atom is -0.467 e. The van der Waals surface area contributed by atoms with Gasteiger partial charge in [0.15, 0.2) is 0 Å². The average molecular weight is 361 g/mol. The fraction of sp³-hybridized carbons (Fsp3) is 0.632. The molecule has 1 N–H and O–H groups in total. The summed E-state index contributed by atoms with van der Waals surface area (Å²) in [6.07, 6.45) is 1.52. The van der Waals surface area contributed by atoms with Gasteiger partial charge >= 0.3 is 12.0 Å². The first kappa shape index (κ1) is 18.5. The lowest BCUT2D eigenvalue weighted by Crippen LogP contribution is -2.54. The van der Waals surface area contributed by atoms with Gasteiger partial charge in [-0.3, -0.25) is 4.79 Å². The molecule has 0 saturated carbocycles. The van der Waals surface area contributed by atoms with Crippen LogP contribution in [0.25, 0.3) is 0 Å². The first-order valence-corrected chi connectivity index (χ1v) is 9.22. The molecule has 26 heavy (non-hydrogen) atoms. The number of nitrogens with one attached hydrogen (secondary N) is 1. The lowest BCUT2D eigenvalue weighted by Gasteiger charge is -2.42. The number of piperidine rings is 1. The predicted octanol–water partition coefficient (Wildman–Crippen LogP) is 1.56. The Balaban J connectivity index is 1.72. The first-order chi connectivity index (χ1) is 12.4. The Hall–Kier alpha value is -2.31. The van der Waals surface area contributed by atoms with Crippen LogP contribution in [-0.2, 0) is 16.1 Å². The first-order valence-electron chi connectivity index (χ1n) is 9.22. The van der Waals surface area contributed by atoms with E-state index in [9.17, 15) is 14.4 Å². The number of aromatic nitrogens is 1. The number of carbonyl (C=O) groups excluding carboxylic acids is 2. The summed E-state index contributed by atoms with van der Waals surface area (Å²) in [5.74, 6) is 0.262. The third-order valence-electron chi connectivity index (χ3n) is 5.26. The van der Waals surface area contributed by atoms with Gasteiger partial charge in [0.25, 0.3) is 5.56 Å². The summed E-state index contributed by atoms with van der Waals surface area (Å²) >= 11 is 0. The predicted molar refractivity (Wildman–Crippen MR) is 96.9 cm³/mol. The molecule has 2 aliphatic heterocycles. The van der Waals surface area contributed by atoms with Crippen molar-refractivity contribution in [2.45, 2.75) is 45.2 Å². The van der Waals surface area contributed by atoms with Crippen molar-refractivity contribution in [2.75, 3.05) is 20.2 Å². The Morgan fingerprint density at radius 2 is 2.04 bits per heavy atom. The van der Waals surface area contributed by atoms with Crippen LogP contribution in [-0.4, -0.2) is 47.7 Å². The third kappa shape index (κ3) is 3.76. The van der Waals surface area contributed by atoms with E-state index >= 15 is 0 Å². The molecular formula is C19H27N3O4. The highest BCUT2D eigenvalue weighted by molar-refractivity contribution is 5.83. The maximum atomic E-state index is 12.8. The number of pyridine rings is 1. The number of nitrogens with zero attached hydrogens (tertiary/aromatic N) is 2. The molecule has 0 aliphatic carbocycles. The highest BCUT2D eigenvalue weighted by Gasteiger charge is 2.37. The van der Waals surface area contributed by atoms with Gasteiger partial charge in [-0.05, 0) is 30.7 Å². The molecule has 1 aromatic rings. The fourth-order valence-electron chi connectivity index (χ4n) is 4.13. The van der Waals surface area contributed by atoms with Crippen LogP contribution in [0.3, 0.4) is 0 Å². The second-order valence-corrected chi connectivity index (χ2v) is 7.76. The van der Waals surface area contributed by atoms with E-state index in [0.717, 1.165) is 12.1 Å². The summed E-state index contributed by atoms with van der Waals surface area (Å²) in [5.41, 5.74) is 1.02. The van der Waals surface area contributed by atoms with Crippen molar-refractivity contribution < 1.29 is 14.3 Å². The Morgan fingerprint density at radius 1 is 1.27 bits per heavy atom. The molecule has 7 heteroatoms. The SMILES string of the molecule is COC(=O)[C@H](CC(C)C)NC(=O)N1CC2CC(C1)c1cccc(=O)n1C2. The number of ether oxygens (including phenoxy) is 1. The van der Waals surface area contributed by atoms with Crippen LogP contribution >= 0.6 is 0 Å². The van der Waals surface area contributed by atoms with Crippen molar-refractivity contribution >= 4 is 12.0 Å². The monoisotopic (exact) mass is 361 g/mol. The fourth-order valence-corrected chi connectivity index (χ4v) is 4.13. The lowest BCUT2D eigenvalue weighted by atomic mass is 9.83. The summed E-state index contributed by atoms with van der Waals surface area (Å²) in [7, 11) is 1.34. The second kappa shape index (κ2) is 7.51. The molecule has 1 fully saturated rings. The molecule has 3 rings (SSSR count). The average Bonchev–Trinajstić information content (AvgIpc) is 2.60. The van der Waals surface area contributed by atoms with Gasteiger partial charge in [-0.25, -0.2) is 9.59 Å². The van der Waals surface area contributed by atoms with Gasteiger partial charge in [0, 0.05) is 37.3 Å². The highest BCUT2D eigenvalue weighted by atomic mass is 16.5. The van der Waals surface area contributed by atoms with Crippen LogP contribution in [0.4, 0.5) is 4.79 Å². The number of fused-ring (bicyclic) bond motifs is 4. The van der Waals surface area contributed by atoms with E-state index in [1.54, 1.807) is 17.0 Å². The van der Waals surface area contributed by atoms with Gasteiger partial charge in [0.05, 0.1) is 7.11 Å². The van der Waals surface area contributed by atoms with Crippen molar-refractivity contribution in [1.82, 2.24) is 14.8 Å². The van der Waals surface area contributed by atoms with E-state index in [1.807, 2.05) is 24.5 Å². The van der Waals surface area contributed by atoms with Gasteiger partial charge < -0.3 is 19.5 Å². The number of likely N-dealkylation sites (tertiary alicyclic amines) is 1. The summed E-state index contributed by atoms with van der Waals surface area (Å²) in [6, 6.07) is 4.47. The summed E-state index contributed by atoms with van der Waals surface area (Å²) < 4.78 is 6.66. The normalized spacial score (nSPS) is 22.5. The molecule has 0 radical (unpaired) electrons. The minimum absolute atomic E-state index is 0.0257. The third-order valence-corrected chi connectivity index (χ3v) is 5.26. The van der Waals surface area contributed by atoms with Gasteiger partial charge in [-0.2, -0.15) is 0 Å². The molecule has 3 atom stereocenters. The topological polar surface area (TPSA) is 80.6 Å². The van der Waals surface area contributed by atoms with Crippen molar-refractivity contribution in [2.24, 2.45) is 11.8 Å². The van der Waals surface area contributed by atoms with E-state index < -0.39 is 12.0 Å². The molecule has 2 amide bonds. The number of esters is 1. The van der Waals surface area contributed by atoms with Gasteiger partial charge in [-0.1, -0.05) is 19.9 Å². The lowest BCUT2D eigenvalue weighted by molar-refractivity contribution is -0.143. The summed E-state index contributed by atoms with van der Waals surface area (Å²) in [6.45, 7) is 5.80. The van der Waals surface area contributed by atoms with E-state index in [-0.39, 0.29) is 29.3 Å². The van der Waals surface area contributed by atoms with Crippen LogP contribution in [0.1, 0.15) is 38.3 Å². The van der Waals surface area contributed by atoms with Crippen LogP contribution < -0.4 is 10.9 Å². The number of amides is 2. The zero-order chi connectivity index (χ0) is 18.8. The van der Waals surface area contributed by atoms with E-state index in [0.29, 0.717) is 26.1 Å². The summed E-state index contributed by atoms with van der Waals surface area (Å²) in [4.78, 5) is 38.6. The van der Waals surface area contributed by atoms with E-state index in [2.05, 4.69) is 5.32 Å². The molecule has 2 bridgehead atoms. The van der Waals surface area contributed by atoms with Gasteiger partial charge in [-0.15, -0.1) is 0 Å². The smallest absolute Gasteiger partial charge is 0.328 e. The Bertz CT molecular complexity index is 743. The Kier molecular flexibility index (Phi) is 5.34. The number of hydrogen-bond donors (Lipinski definition) is 1. The molecule has 2 unspecified atom stereocenters. The molecule has 0 aromatic carbocycles. The molecule has 2 aliphatic rings. The minimum atomic E-state index is -0.635. The molecule has 1 aromatic heterocycles. The van der Waals surface area contributed by atoms with E-state index in [4.69, 9.17) is 4.74 Å². The Morgan fingerprint density at radius 3 is 2.73 bits per heavy atom. The molecular weight excluding hydrogens is 334 g/mol. The molecule has 142 valence electrons. The second-order valence-electron chi connectivity index (χ2n) is 7.76. The van der Waals surface area contributed by atoms with Crippen LogP contribution in [0.15, 0.2) is 23.0 Å². The number of rotatable bonds is 4. The van der Waals surface area contributed by atoms with Crippen molar-refractivity contribution in [3.63, 3.8) is 0 Å². The number of urea groups is 1. The molecule has 7 nitrogen and oxygen atoms in total. The number of methoxy groups -OCH3 is 1. The highest BCUT2D eigenvalue weighted by Crippen LogP contribution is 2.34. The van der Waals surface area contributed by atoms with Gasteiger partial charge in [0.2, 0.25) is 0 Å². The van der Waals surface area contributed by atoms with Crippen LogP contribution in [0.2, 0.25) is 0 Å². The zero-order valence-corrected chi connectivity index (χ0v) is 15.6. The zero-order valence-electron chi connectivity index (χ0n) is 15.6.